The number of carbonyl (C=O) groups is 2. The minimum atomic E-state index is -0.335. The Morgan fingerprint density at radius 3 is 2.55 bits per heavy atom. The van der Waals surface area contributed by atoms with E-state index in [1.165, 1.54) is 0 Å². The van der Waals surface area contributed by atoms with Crippen molar-refractivity contribution in [2.24, 2.45) is 0 Å². The van der Waals surface area contributed by atoms with Crippen LogP contribution in [0.3, 0.4) is 0 Å². The molecule has 0 spiro atoms. The first-order valence-electron chi connectivity index (χ1n) is 9.83. The topological polar surface area (TPSA) is 67.4 Å². The third-order valence-electron chi connectivity index (χ3n) is 4.67. The molecule has 2 aromatic rings. The van der Waals surface area contributed by atoms with Gasteiger partial charge in [-0.15, -0.1) is 0 Å². The molecule has 0 bridgehead atoms. The highest BCUT2D eigenvalue weighted by Gasteiger charge is 2.18. The predicted molar refractivity (Wildman–Crippen MR) is 114 cm³/mol. The SMILES string of the molecule is Cc1ccc(C(=O)N/C(=C\C=C/c2ccccc2)C(=O)NC[C@@H]2CCCO2)cc1. The summed E-state index contributed by atoms with van der Waals surface area (Å²) in [5.41, 5.74) is 2.77. The number of nitrogens with one attached hydrogen (secondary N) is 2. The number of carbonyl (C=O) groups excluding carboxylic acids is 2. The Morgan fingerprint density at radius 2 is 1.86 bits per heavy atom. The summed E-state index contributed by atoms with van der Waals surface area (Å²) in [6.45, 7) is 3.12. The lowest BCUT2D eigenvalue weighted by atomic mass is 10.1. The summed E-state index contributed by atoms with van der Waals surface area (Å²) in [7, 11) is 0. The number of hydrogen-bond acceptors (Lipinski definition) is 3. The third-order valence-corrected chi connectivity index (χ3v) is 4.67. The number of aryl methyl sites for hydroxylation is 1. The highest BCUT2D eigenvalue weighted by Crippen LogP contribution is 2.11. The Labute approximate surface area is 171 Å². The van der Waals surface area contributed by atoms with E-state index in [2.05, 4.69) is 10.6 Å². The van der Waals surface area contributed by atoms with Gasteiger partial charge in [0, 0.05) is 18.7 Å². The van der Waals surface area contributed by atoms with Crippen molar-refractivity contribution in [1.29, 1.82) is 0 Å². The zero-order chi connectivity index (χ0) is 20.5. The van der Waals surface area contributed by atoms with Gasteiger partial charge in [0.05, 0.1) is 6.10 Å². The van der Waals surface area contributed by atoms with Gasteiger partial charge in [-0.25, -0.2) is 0 Å². The largest absolute Gasteiger partial charge is 0.376 e. The smallest absolute Gasteiger partial charge is 0.267 e. The first kappa shape index (κ1) is 20.6. The Kier molecular flexibility index (Phi) is 7.36. The molecule has 2 N–H and O–H groups in total. The molecular formula is C24H26N2O3. The van der Waals surface area contributed by atoms with E-state index in [1.54, 1.807) is 24.3 Å². The summed E-state index contributed by atoms with van der Waals surface area (Å²) in [6.07, 6.45) is 7.23. The van der Waals surface area contributed by atoms with E-state index in [0.717, 1.165) is 30.6 Å². The van der Waals surface area contributed by atoms with Crippen LogP contribution < -0.4 is 10.6 Å². The van der Waals surface area contributed by atoms with Crippen LogP contribution in [0.4, 0.5) is 0 Å². The number of allylic oxidation sites excluding steroid dienone is 2. The van der Waals surface area contributed by atoms with Crippen LogP contribution in [0.1, 0.15) is 34.3 Å². The van der Waals surface area contributed by atoms with Gasteiger partial charge in [-0.05, 0) is 43.5 Å². The van der Waals surface area contributed by atoms with E-state index in [-0.39, 0.29) is 23.6 Å². The second kappa shape index (κ2) is 10.4. The highest BCUT2D eigenvalue weighted by atomic mass is 16.5. The van der Waals surface area contributed by atoms with E-state index in [1.807, 2.05) is 55.5 Å². The van der Waals surface area contributed by atoms with E-state index < -0.39 is 0 Å². The van der Waals surface area contributed by atoms with Gasteiger partial charge in [-0.2, -0.15) is 0 Å². The third kappa shape index (κ3) is 6.43. The molecular weight excluding hydrogens is 364 g/mol. The van der Waals surface area contributed by atoms with Crippen molar-refractivity contribution in [1.82, 2.24) is 10.6 Å². The highest BCUT2D eigenvalue weighted by molar-refractivity contribution is 6.03. The van der Waals surface area contributed by atoms with Gasteiger partial charge in [0.1, 0.15) is 5.70 Å². The fourth-order valence-corrected chi connectivity index (χ4v) is 3.00. The summed E-state index contributed by atoms with van der Waals surface area (Å²) in [4.78, 5) is 25.3. The fourth-order valence-electron chi connectivity index (χ4n) is 3.00. The van der Waals surface area contributed by atoms with Crippen molar-refractivity contribution in [3.8, 4) is 0 Å². The number of benzene rings is 2. The minimum absolute atomic E-state index is 0.0351. The van der Waals surface area contributed by atoms with Crippen LogP contribution in [0.2, 0.25) is 0 Å². The molecule has 1 saturated heterocycles. The fraction of sp³-hybridized carbons (Fsp3) is 0.250. The first-order valence-corrected chi connectivity index (χ1v) is 9.83. The van der Waals surface area contributed by atoms with Gasteiger partial charge in [-0.3, -0.25) is 9.59 Å². The number of rotatable bonds is 7. The lowest BCUT2D eigenvalue weighted by molar-refractivity contribution is -0.118. The number of hydrogen-bond donors (Lipinski definition) is 2. The van der Waals surface area contributed by atoms with Crippen LogP contribution in [-0.2, 0) is 9.53 Å². The maximum Gasteiger partial charge on any atom is 0.267 e. The van der Waals surface area contributed by atoms with Gasteiger partial charge < -0.3 is 15.4 Å². The summed E-state index contributed by atoms with van der Waals surface area (Å²) in [6, 6.07) is 17.0. The van der Waals surface area contributed by atoms with Gasteiger partial charge in [-0.1, -0.05) is 60.2 Å². The van der Waals surface area contributed by atoms with E-state index in [0.29, 0.717) is 12.1 Å². The summed E-state index contributed by atoms with van der Waals surface area (Å²) < 4.78 is 5.55. The summed E-state index contributed by atoms with van der Waals surface area (Å²) in [5.74, 6) is -0.657. The van der Waals surface area contributed by atoms with Crippen LogP contribution in [-0.4, -0.2) is 31.1 Å². The molecule has 0 aliphatic carbocycles. The lowest BCUT2D eigenvalue weighted by Crippen LogP contribution is -2.38. The van der Waals surface area contributed by atoms with Crippen LogP contribution in [0.25, 0.3) is 6.08 Å². The van der Waals surface area contributed by atoms with E-state index in [9.17, 15) is 9.59 Å². The molecule has 1 aliphatic rings. The van der Waals surface area contributed by atoms with Crippen LogP contribution in [0.5, 0.6) is 0 Å². The summed E-state index contributed by atoms with van der Waals surface area (Å²) in [5, 5.41) is 5.59. The van der Waals surface area contributed by atoms with Gasteiger partial charge in [0.25, 0.3) is 11.8 Å². The Balaban J connectivity index is 1.71. The molecule has 0 unspecified atom stereocenters. The molecule has 150 valence electrons. The average molecular weight is 390 g/mol. The molecule has 5 heteroatoms. The monoisotopic (exact) mass is 390 g/mol. The zero-order valence-electron chi connectivity index (χ0n) is 16.6. The van der Waals surface area contributed by atoms with Crippen molar-refractivity contribution >= 4 is 17.9 Å². The Hall–Kier alpha value is -3.18. The first-order chi connectivity index (χ1) is 14.1. The van der Waals surface area contributed by atoms with Crippen LogP contribution in [0, 0.1) is 6.92 Å². The van der Waals surface area contributed by atoms with Crippen LogP contribution >= 0.6 is 0 Å². The molecule has 0 saturated carbocycles. The standard InChI is InChI=1S/C24H26N2O3/c1-18-12-14-20(15-13-18)23(27)26-22(11-5-9-19-7-3-2-4-8-19)24(28)25-17-21-10-6-16-29-21/h2-5,7-9,11-15,21H,6,10,16-17H2,1H3,(H,25,28)(H,26,27)/b9-5-,22-11-/t21-/m0/s1. The second-order valence-corrected chi connectivity index (χ2v) is 7.02. The normalized spacial score (nSPS) is 16.7. The molecule has 3 rings (SSSR count). The Morgan fingerprint density at radius 1 is 1.10 bits per heavy atom. The quantitative estimate of drug-likeness (QED) is 0.561. The van der Waals surface area contributed by atoms with Crippen molar-refractivity contribution in [2.45, 2.75) is 25.9 Å². The van der Waals surface area contributed by atoms with E-state index in [4.69, 9.17) is 4.74 Å². The molecule has 0 aromatic heterocycles. The van der Waals surface area contributed by atoms with Gasteiger partial charge in [0.15, 0.2) is 0 Å². The van der Waals surface area contributed by atoms with Crippen molar-refractivity contribution in [2.75, 3.05) is 13.2 Å². The molecule has 1 fully saturated rings. The molecule has 2 amide bonds. The Bertz CT molecular complexity index is 880. The minimum Gasteiger partial charge on any atom is -0.376 e. The molecule has 1 heterocycles. The van der Waals surface area contributed by atoms with Crippen molar-refractivity contribution < 1.29 is 14.3 Å². The number of ether oxygens (including phenoxy) is 1. The van der Waals surface area contributed by atoms with Crippen molar-refractivity contribution in [3.63, 3.8) is 0 Å². The lowest BCUT2D eigenvalue weighted by Gasteiger charge is -2.13. The predicted octanol–water partition coefficient (Wildman–Crippen LogP) is 3.62. The zero-order valence-corrected chi connectivity index (χ0v) is 16.6. The summed E-state index contributed by atoms with van der Waals surface area (Å²) >= 11 is 0. The van der Waals surface area contributed by atoms with E-state index >= 15 is 0 Å². The van der Waals surface area contributed by atoms with Crippen LogP contribution in [0.15, 0.2) is 72.4 Å². The maximum atomic E-state index is 12.7. The van der Waals surface area contributed by atoms with Gasteiger partial charge >= 0.3 is 0 Å². The molecule has 0 radical (unpaired) electrons. The molecule has 5 nitrogen and oxygen atoms in total. The number of amides is 2. The molecule has 2 aromatic carbocycles. The van der Waals surface area contributed by atoms with Crippen molar-refractivity contribution in [3.05, 3.63) is 89.1 Å². The average Bonchev–Trinajstić information content (AvgIpc) is 3.26. The maximum absolute atomic E-state index is 12.7. The molecule has 29 heavy (non-hydrogen) atoms. The molecule has 1 aliphatic heterocycles. The van der Waals surface area contributed by atoms with Gasteiger partial charge in [0.2, 0.25) is 0 Å². The molecule has 1 atom stereocenters. The second-order valence-electron chi connectivity index (χ2n) is 7.02.